The van der Waals surface area contributed by atoms with Gasteiger partial charge in [0.1, 0.15) is 11.5 Å². The van der Waals surface area contributed by atoms with Crippen molar-refractivity contribution in [3.8, 4) is 22.6 Å². The fourth-order valence-electron chi connectivity index (χ4n) is 3.59. The Morgan fingerprint density at radius 1 is 0.964 bits per heavy atom. The SMILES string of the molecule is c1cncc(-c2cc3c(-c4cccc(N5CCCNCC5)n4)n[nH]c3cn2)c1. The molecule has 140 valence electrons. The summed E-state index contributed by atoms with van der Waals surface area (Å²) >= 11 is 0. The molecule has 4 aromatic heterocycles. The van der Waals surface area contributed by atoms with Crippen LogP contribution in [0.3, 0.4) is 0 Å². The average molecular weight is 371 g/mol. The van der Waals surface area contributed by atoms with Gasteiger partial charge in [0.2, 0.25) is 0 Å². The Kier molecular flexibility index (Phi) is 4.42. The highest BCUT2D eigenvalue weighted by Crippen LogP contribution is 2.29. The molecule has 28 heavy (non-hydrogen) atoms. The third-order valence-electron chi connectivity index (χ3n) is 5.05. The molecule has 0 spiro atoms. The number of nitrogens with one attached hydrogen (secondary N) is 2. The van der Waals surface area contributed by atoms with E-state index in [0.717, 1.165) is 72.0 Å². The first-order valence-corrected chi connectivity index (χ1v) is 9.56. The summed E-state index contributed by atoms with van der Waals surface area (Å²) < 4.78 is 0. The summed E-state index contributed by atoms with van der Waals surface area (Å²) in [5.41, 5.74) is 4.46. The number of nitrogens with zero attached hydrogens (tertiary/aromatic N) is 5. The van der Waals surface area contributed by atoms with Crippen LogP contribution in [0.2, 0.25) is 0 Å². The van der Waals surface area contributed by atoms with Crippen molar-refractivity contribution >= 4 is 16.7 Å². The van der Waals surface area contributed by atoms with Crippen LogP contribution in [-0.4, -0.2) is 51.3 Å². The molecule has 1 saturated heterocycles. The van der Waals surface area contributed by atoms with Crippen LogP contribution in [0.5, 0.6) is 0 Å². The summed E-state index contributed by atoms with van der Waals surface area (Å²) in [6, 6.07) is 12.1. The van der Waals surface area contributed by atoms with E-state index in [4.69, 9.17) is 4.98 Å². The summed E-state index contributed by atoms with van der Waals surface area (Å²) in [5.74, 6) is 0.999. The molecular weight excluding hydrogens is 350 g/mol. The van der Waals surface area contributed by atoms with E-state index in [1.165, 1.54) is 0 Å². The van der Waals surface area contributed by atoms with E-state index >= 15 is 0 Å². The Morgan fingerprint density at radius 2 is 1.96 bits per heavy atom. The molecule has 0 bridgehead atoms. The predicted octanol–water partition coefficient (Wildman–Crippen LogP) is 2.88. The monoisotopic (exact) mass is 371 g/mol. The van der Waals surface area contributed by atoms with Crippen molar-refractivity contribution in [2.75, 3.05) is 31.1 Å². The van der Waals surface area contributed by atoms with E-state index in [2.05, 4.69) is 48.6 Å². The third kappa shape index (κ3) is 3.20. The molecule has 0 saturated carbocycles. The zero-order valence-electron chi connectivity index (χ0n) is 15.5. The highest BCUT2D eigenvalue weighted by Gasteiger charge is 2.15. The molecule has 1 aliphatic rings. The quantitative estimate of drug-likeness (QED) is 0.576. The van der Waals surface area contributed by atoms with Gasteiger partial charge in [-0.25, -0.2) is 4.98 Å². The molecule has 2 N–H and O–H groups in total. The Morgan fingerprint density at radius 3 is 2.89 bits per heavy atom. The van der Waals surface area contributed by atoms with Crippen molar-refractivity contribution in [2.24, 2.45) is 0 Å². The van der Waals surface area contributed by atoms with Gasteiger partial charge in [0, 0.05) is 43.0 Å². The highest BCUT2D eigenvalue weighted by molar-refractivity contribution is 5.93. The molecule has 0 amide bonds. The standard InChI is InChI=1S/C21H21N7/c1-5-17(25-20(6-1)28-10-3-8-22-9-11-28)21-16-12-18(15-4-2-7-23-13-15)24-14-19(16)26-27-21/h1-2,4-7,12-14,22H,3,8-11H2,(H,26,27). The number of hydrogen-bond donors (Lipinski definition) is 2. The fourth-order valence-corrected chi connectivity index (χ4v) is 3.59. The van der Waals surface area contributed by atoms with Crippen molar-refractivity contribution in [1.29, 1.82) is 0 Å². The Balaban J connectivity index is 1.55. The maximum absolute atomic E-state index is 4.92. The topological polar surface area (TPSA) is 82.6 Å². The van der Waals surface area contributed by atoms with E-state index < -0.39 is 0 Å². The lowest BCUT2D eigenvalue weighted by molar-refractivity contribution is 0.724. The van der Waals surface area contributed by atoms with Gasteiger partial charge in [-0.3, -0.25) is 15.1 Å². The molecule has 0 aromatic carbocycles. The fraction of sp³-hybridized carbons (Fsp3) is 0.238. The first-order valence-electron chi connectivity index (χ1n) is 9.56. The Labute approximate surface area is 162 Å². The second kappa shape index (κ2) is 7.36. The Hall–Kier alpha value is -3.32. The van der Waals surface area contributed by atoms with Crippen LogP contribution < -0.4 is 10.2 Å². The van der Waals surface area contributed by atoms with Crippen LogP contribution in [0.1, 0.15) is 6.42 Å². The van der Waals surface area contributed by atoms with Crippen molar-refractivity contribution in [3.63, 3.8) is 0 Å². The highest BCUT2D eigenvalue weighted by atomic mass is 15.2. The lowest BCUT2D eigenvalue weighted by Gasteiger charge is -2.21. The number of aromatic amines is 1. The van der Waals surface area contributed by atoms with Crippen LogP contribution in [0.4, 0.5) is 5.82 Å². The second-order valence-electron chi connectivity index (χ2n) is 6.90. The summed E-state index contributed by atoms with van der Waals surface area (Å²) in [7, 11) is 0. The van der Waals surface area contributed by atoms with Crippen LogP contribution in [0.25, 0.3) is 33.5 Å². The Bertz CT molecular complexity index is 1080. The van der Waals surface area contributed by atoms with Crippen molar-refractivity contribution < 1.29 is 0 Å². The maximum atomic E-state index is 4.92. The van der Waals surface area contributed by atoms with E-state index in [9.17, 15) is 0 Å². The van der Waals surface area contributed by atoms with Gasteiger partial charge in [-0.05, 0) is 43.3 Å². The minimum absolute atomic E-state index is 0.845. The molecule has 7 heteroatoms. The summed E-state index contributed by atoms with van der Waals surface area (Å²) in [5, 5.41) is 12.1. The van der Waals surface area contributed by atoms with Gasteiger partial charge in [0.15, 0.2) is 0 Å². The van der Waals surface area contributed by atoms with Gasteiger partial charge in [-0.15, -0.1) is 0 Å². The summed E-state index contributed by atoms with van der Waals surface area (Å²) in [4.78, 5) is 16.0. The number of hydrogen-bond acceptors (Lipinski definition) is 6. The van der Waals surface area contributed by atoms with Crippen LogP contribution in [0.15, 0.2) is 55.0 Å². The zero-order chi connectivity index (χ0) is 18.8. The van der Waals surface area contributed by atoms with Crippen molar-refractivity contribution in [1.82, 2.24) is 30.5 Å². The van der Waals surface area contributed by atoms with Gasteiger partial charge in [0.25, 0.3) is 0 Å². The van der Waals surface area contributed by atoms with Crippen LogP contribution in [-0.2, 0) is 0 Å². The van der Waals surface area contributed by atoms with Crippen LogP contribution >= 0.6 is 0 Å². The molecule has 4 aromatic rings. The minimum Gasteiger partial charge on any atom is -0.355 e. The first-order chi connectivity index (χ1) is 13.9. The van der Waals surface area contributed by atoms with E-state index in [0.29, 0.717) is 0 Å². The van der Waals surface area contributed by atoms with Crippen molar-refractivity contribution in [3.05, 3.63) is 55.0 Å². The molecule has 7 nitrogen and oxygen atoms in total. The second-order valence-corrected chi connectivity index (χ2v) is 6.90. The van der Waals surface area contributed by atoms with E-state index in [1.54, 1.807) is 6.20 Å². The molecule has 1 fully saturated rings. The maximum Gasteiger partial charge on any atom is 0.129 e. The van der Waals surface area contributed by atoms with Crippen molar-refractivity contribution in [2.45, 2.75) is 6.42 Å². The van der Waals surface area contributed by atoms with Crippen LogP contribution in [0, 0.1) is 0 Å². The van der Waals surface area contributed by atoms with Gasteiger partial charge in [0.05, 0.1) is 23.1 Å². The molecule has 5 rings (SSSR count). The summed E-state index contributed by atoms with van der Waals surface area (Å²) in [6.07, 6.45) is 6.52. The molecular formula is C21H21N7. The number of anilines is 1. The number of aromatic nitrogens is 5. The molecule has 0 aliphatic carbocycles. The van der Waals surface area contributed by atoms with E-state index in [1.807, 2.05) is 30.6 Å². The zero-order valence-corrected chi connectivity index (χ0v) is 15.5. The average Bonchev–Trinajstić information content (AvgIpc) is 2.99. The lowest BCUT2D eigenvalue weighted by atomic mass is 10.1. The van der Waals surface area contributed by atoms with Gasteiger partial charge in [-0.2, -0.15) is 5.10 Å². The first kappa shape index (κ1) is 16.8. The molecule has 5 heterocycles. The number of H-pyrrole nitrogens is 1. The number of fused-ring (bicyclic) bond motifs is 1. The number of rotatable bonds is 3. The molecule has 0 radical (unpaired) electrons. The normalized spacial score (nSPS) is 14.9. The third-order valence-corrected chi connectivity index (χ3v) is 5.05. The van der Waals surface area contributed by atoms with Gasteiger partial charge in [-0.1, -0.05) is 6.07 Å². The molecule has 0 unspecified atom stereocenters. The number of pyridine rings is 3. The van der Waals surface area contributed by atoms with Gasteiger partial charge < -0.3 is 10.2 Å². The predicted molar refractivity (Wildman–Crippen MR) is 110 cm³/mol. The lowest BCUT2D eigenvalue weighted by Crippen LogP contribution is -2.28. The molecule has 1 aliphatic heterocycles. The summed E-state index contributed by atoms with van der Waals surface area (Å²) in [6.45, 7) is 4.02. The minimum atomic E-state index is 0.845. The molecule has 0 atom stereocenters. The smallest absolute Gasteiger partial charge is 0.129 e. The largest absolute Gasteiger partial charge is 0.355 e. The van der Waals surface area contributed by atoms with E-state index in [-0.39, 0.29) is 0 Å². The van der Waals surface area contributed by atoms with Gasteiger partial charge >= 0.3 is 0 Å².